The fraction of sp³-hybridized carbons (Fsp3) is 0.627. The molecule has 0 fully saturated rings. The molecule has 0 aliphatic carbocycles. The molecule has 2 atom stereocenters. The first-order valence-corrected chi connectivity index (χ1v) is 28.5. The van der Waals surface area contributed by atoms with Crippen molar-refractivity contribution in [1.29, 1.82) is 0 Å². The Morgan fingerprint density at radius 1 is 0.449 bits per heavy atom. The largest absolute Gasteiger partial charge is 0.472 e. The second-order valence-electron chi connectivity index (χ2n) is 17.4. The van der Waals surface area contributed by atoms with Crippen LogP contribution < -0.4 is 5.73 Å². The second-order valence-corrected chi connectivity index (χ2v) is 18.8. The standard InChI is InChI=1S/C59H98NO8P/c1-3-5-7-9-11-13-15-17-19-21-22-23-24-25-26-27-28-29-30-31-32-33-34-36-38-40-42-44-46-48-50-52-59(62)68-57(56-67-69(63,64)66-54-53-60)55-65-58(61)51-49-47-45-43-41-39-37-35-20-18-16-14-12-10-8-6-4-2/h5,7,11-14,17-20,22-23,25-26,28-29,31-32,34,36,57H,3-4,6,8-10,15-16,21,24,27,30,33,35,37-56,60H2,1-2H3,(H,63,64)/b7-5-,13-11-,14-12-,19-17-,20-18-,23-22-,26-25-,29-28-,32-31-,36-34-. The minimum atomic E-state index is -4.40. The summed E-state index contributed by atoms with van der Waals surface area (Å²) in [5, 5.41) is 0. The normalized spacial score (nSPS) is 14.1. The lowest BCUT2D eigenvalue weighted by atomic mass is 10.1. The number of hydrogen-bond donors (Lipinski definition) is 2. The van der Waals surface area contributed by atoms with Crippen LogP contribution in [0, 0.1) is 0 Å². The summed E-state index contributed by atoms with van der Waals surface area (Å²) < 4.78 is 32.9. The molecule has 0 aromatic carbocycles. The Morgan fingerprint density at radius 3 is 1.19 bits per heavy atom. The maximum atomic E-state index is 12.7. The van der Waals surface area contributed by atoms with Gasteiger partial charge in [-0.25, -0.2) is 4.57 Å². The molecule has 0 aromatic heterocycles. The number of hydrogen-bond acceptors (Lipinski definition) is 8. The highest BCUT2D eigenvalue weighted by molar-refractivity contribution is 7.47. The molecule has 0 radical (unpaired) electrons. The SMILES string of the molecule is CC/C=C\C/C=C\C/C=C\C/C=C\C/C=C\C/C=C\C/C=C\C/C=C\CCCCCCCCC(=O)OC(COC(=O)CCCCCCCCC/C=C\C/C=C\CCCCC)COP(=O)(O)OCCN. The van der Waals surface area contributed by atoms with Gasteiger partial charge in [0.25, 0.3) is 0 Å². The van der Waals surface area contributed by atoms with Crippen molar-refractivity contribution in [1.82, 2.24) is 0 Å². The lowest BCUT2D eigenvalue weighted by molar-refractivity contribution is -0.161. The lowest BCUT2D eigenvalue weighted by Gasteiger charge is -2.19. The summed E-state index contributed by atoms with van der Waals surface area (Å²) in [6.07, 6.45) is 73.8. The molecular formula is C59H98NO8P. The monoisotopic (exact) mass is 980 g/mol. The van der Waals surface area contributed by atoms with Crippen LogP contribution in [0.5, 0.6) is 0 Å². The molecule has 0 rings (SSSR count). The molecule has 10 heteroatoms. The molecule has 0 saturated carbocycles. The Hall–Kier alpha value is -3.59. The summed E-state index contributed by atoms with van der Waals surface area (Å²) in [6, 6.07) is 0. The van der Waals surface area contributed by atoms with Crippen molar-refractivity contribution in [2.45, 2.75) is 213 Å². The van der Waals surface area contributed by atoms with Gasteiger partial charge in [-0.1, -0.05) is 206 Å². The molecule has 0 bridgehead atoms. The van der Waals surface area contributed by atoms with Crippen molar-refractivity contribution >= 4 is 19.8 Å². The molecule has 0 aromatic rings. The third-order valence-corrected chi connectivity index (χ3v) is 11.8. The van der Waals surface area contributed by atoms with Crippen LogP contribution in [0.1, 0.15) is 206 Å². The number of phosphoric acid groups is 1. The van der Waals surface area contributed by atoms with Gasteiger partial charge in [-0.2, -0.15) is 0 Å². The van der Waals surface area contributed by atoms with Crippen molar-refractivity contribution < 1.29 is 37.6 Å². The predicted molar refractivity (Wildman–Crippen MR) is 293 cm³/mol. The molecule has 69 heavy (non-hydrogen) atoms. The number of allylic oxidation sites excluding steroid dienone is 20. The summed E-state index contributed by atoms with van der Waals surface area (Å²) in [6.45, 7) is 3.56. The van der Waals surface area contributed by atoms with Gasteiger partial charge in [0.1, 0.15) is 6.61 Å². The number of nitrogens with two attached hydrogens (primary N) is 1. The summed E-state index contributed by atoms with van der Waals surface area (Å²) in [5.74, 6) is -0.863. The van der Waals surface area contributed by atoms with Crippen LogP contribution >= 0.6 is 7.82 Å². The van der Waals surface area contributed by atoms with Crippen molar-refractivity contribution in [3.63, 3.8) is 0 Å². The van der Waals surface area contributed by atoms with E-state index in [9.17, 15) is 19.0 Å². The van der Waals surface area contributed by atoms with E-state index in [0.717, 1.165) is 122 Å². The molecule has 392 valence electrons. The van der Waals surface area contributed by atoms with Gasteiger partial charge < -0.3 is 20.1 Å². The zero-order chi connectivity index (χ0) is 50.2. The molecule has 2 unspecified atom stereocenters. The lowest BCUT2D eigenvalue weighted by Crippen LogP contribution is -2.29. The predicted octanol–water partition coefficient (Wildman–Crippen LogP) is 16.8. The fourth-order valence-electron chi connectivity index (χ4n) is 6.86. The van der Waals surface area contributed by atoms with Gasteiger partial charge in [0.2, 0.25) is 0 Å². The molecule has 0 spiro atoms. The molecule has 0 saturated heterocycles. The summed E-state index contributed by atoms with van der Waals surface area (Å²) in [4.78, 5) is 35.1. The van der Waals surface area contributed by atoms with Crippen LogP contribution in [0.3, 0.4) is 0 Å². The van der Waals surface area contributed by atoms with E-state index in [1.54, 1.807) is 0 Å². The van der Waals surface area contributed by atoms with Gasteiger partial charge in [0.15, 0.2) is 6.10 Å². The Balaban J connectivity index is 4.10. The topological polar surface area (TPSA) is 134 Å². The smallest absolute Gasteiger partial charge is 0.462 e. The Kier molecular flexibility index (Phi) is 51.0. The Morgan fingerprint density at radius 2 is 0.797 bits per heavy atom. The van der Waals surface area contributed by atoms with E-state index >= 15 is 0 Å². The number of phosphoric ester groups is 1. The first-order chi connectivity index (χ1) is 33.8. The molecule has 3 N–H and O–H groups in total. The third kappa shape index (κ3) is 53.6. The van der Waals surface area contributed by atoms with E-state index in [0.29, 0.717) is 12.8 Å². The first kappa shape index (κ1) is 65.4. The van der Waals surface area contributed by atoms with Crippen LogP contribution in [0.4, 0.5) is 0 Å². The van der Waals surface area contributed by atoms with E-state index in [2.05, 4.69) is 135 Å². The van der Waals surface area contributed by atoms with Gasteiger partial charge in [0.05, 0.1) is 13.2 Å². The molecule has 0 heterocycles. The van der Waals surface area contributed by atoms with Gasteiger partial charge >= 0.3 is 19.8 Å². The van der Waals surface area contributed by atoms with Crippen molar-refractivity contribution in [3.05, 3.63) is 122 Å². The fourth-order valence-corrected chi connectivity index (χ4v) is 7.62. The number of esters is 2. The van der Waals surface area contributed by atoms with Gasteiger partial charge in [-0.05, 0) is 109 Å². The van der Waals surface area contributed by atoms with Gasteiger partial charge in [-0.3, -0.25) is 18.6 Å². The molecule has 0 aliphatic rings. The van der Waals surface area contributed by atoms with Crippen LogP contribution in [0.15, 0.2) is 122 Å². The van der Waals surface area contributed by atoms with Crippen LogP contribution in [0.2, 0.25) is 0 Å². The zero-order valence-electron chi connectivity index (χ0n) is 43.5. The van der Waals surface area contributed by atoms with E-state index in [4.69, 9.17) is 24.3 Å². The van der Waals surface area contributed by atoms with E-state index < -0.39 is 32.5 Å². The summed E-state index contributed by atoms with van der Waals surface area (Å²) in [7, 11) is -4.40. The number of ether oxygens (including phenoxy) is 2. The molecule has 0 amide bonds. The molecule has 9 nitrogen and oxygen atoms in total. The van der Waals surface area contributed by atoms with Crippen LogP contribution in [-0.4, -0.2) is 49.3 Å². The van der Waals surface area contributed by atoms with Crippen LogP contribution in [-0.2, 0) is 32.7 Å². The summed E-state index contributed by atoms with van der Waals surface area (Å²) in [5.41, 5.74) is 5.37. The third-order valence-electron chi connectivity index (χ3n) is 10.8. The highest BCUT2D eigenvalue weighted by Gasteiger charge is 2.26. The molecular weight excluding hydrogens is 882 g/mol. The Labute approximate surface area is 421 Å². The van der Waals surface area contributed by atoms with Gasteiger partial charge in [0, 0.05) is 19.4 Å². The minimum Gasteiger partial charge on any atom is -0.462 e. The van der Waals surface area contributed by atoms with E-state index in [1.165, 1.54) is 44.9 Å². The average molecular weight is 980 g/mol. The van der Waals surface area contributed by atoms with Crippen molar-refractivity contribution in [3.8, 4) is 0 Å². The van der Waals surface area contributed by atoms with Crippen molar-refractivity contribution in [2.75, 3.05) is 26.4 Å². The highest BCUT2D eigenvalue weighted by Crippen LogP contribution is 2.43. The van der Waals surface area contributed by atoms with Crippen molar-refractivity contribution in [2.24, 2.45) is 5.73 Å². The average Bonchev–Trinajstić information content (AvgIpc) is 3.34. The van der Waals surface area contributed by atoms with Gasteiger partial charge in [-0.15, -0.1) is 0 Å². The number of carbonyl (C=O) groups is 2. The second kappa shape index (κ2) is 53.8. The number of rotatable bonds is 49. The highest BCUT2D eigenvalue weighted by atomic mass is 31.2. The quantitative estimate of drug-likeness (QED) is 0.0264. The molecule has 0 aliphatic heterocycles. The number of carbonyl (C=O) groups excluding carboxylic acids is 2. The van der Waals surface area contributed by atoms with E-state index in [-0.39, 0.29) is 32.6 Å². The zero-order valence-corrected chi connectivity index (χ0v) is 44.4. The van der Waals surface area contributed by atoms with E-state index in [1.807, 2.05) is 0 Å². The maximum Gasteiger partial charge on any atom is 0.472 e. The van der Waals surface area contributed by atoms with Crippen LogP contribution in [0.25, 0.3) is 0 Å². The maximum absolute atomic E-state index is 12.7. The Bertz CT molecular complexity index is 1540. The minimum absolute atomic E-state index is 0.0429. The first-order valence-electron chi connectivity index (χ1n) is 27.0. The summed E-state index contributed by atoms with van der Waals surface area (Å²) >= 11 is 0. The number of unbranched alkanes of at least 4 members (excludes halogenated alkanes) is 16.